The van der Waals surface area contributed by atoms with Gasteiger partial charge < -0.3 is 4.42 Å². The summed E-state index contributed by atoms with van der Waals surface area (Å²) in [7, 11) is 1.81. The molecule has 6 aromatic rings. The van der Waals surface area contributed by atoms with Gasteiger partial charge in [0.2, 0.25) is 5.69 Å². The molecule has 0 aliphatic heterocycles. The molecule has 0 saturated heterocycles. The summed E-state index contributed by atoms with van der Waals surface area (Å²) in [5, 5.41) is 6.59. The molecule has 0 N–H and O–H groups in total. The van der Waals surface area contributed by atoms with Crippen LogP contribution in [0.25, 0.3) is 54.7 Å². The van der Waals surface area contributed by atoms with Gasteiger partial charge in [-0.3, -0.25) is 0 Å². The molecule has 0 aliphatic rings. The number of hydrogen-bond donors (Lipinski definition) is 0. The van der Waals surface area contributed by atoms with Crippen LogP contribution in [0.1, 0.15) is 44.3 Å². The van der Waals surface area contributed by atoms with Crippen LogP contribution < -0.4 is 4.57 Å². The average Bonchev–Trinajstić information content (AvgIpc) is 3.23. The van der Waals surface area contributed by atoms with E-state index in [1.54, 1.807) is 37.6 Å². The Bertz CT molecular complexity index is 1980. The van der Waals surface area contributed by atoms with Crippen LogP contribution in [-0.4, -0.2) is 0 Å². The number of hydrogen-bond acceptors (Lipinski definition) is 1. The molecule has 174 valence electrons. The smallest absolute Gasteiger partial charge is 0.216 e. The summed E-state index contributed by atoms with van der Waals surface area (Å²) < 4.78 is 50.9. The highest BCUT2D eigenvalue weighted by molar-refractivity contribution is 6.17. The zero-order chi connectivity index (χ0) is 28.8. The summed E-state index contributed by atoms with van der Waals surface area (Å²) in [6.07, 6.45) is -0.337. The highest BCUT2D eigenvalue weighted by atomic mass is 16.3. The first-order valence-electron chi connectivity index (χ1n) is 14.5. The Balaban J connectivity index is 1.68. The van der Waals surface area contributed by atoms with E-state index < -0.39 is 18.6 Å². The number of aromatic nitrogens is 1. The van der Waals surface area contributed by atoms with Gasteiger partial charge in [-0.05, 0) is 70.4 Å². The van der Waals surface area contributed by atoms with Crippen molar-refractivity contribution in [1.82, 2.24) is 0 Å². The van der Waals surface area contributed by atoms with Crippen LogP contribution in [0.4, 0.5) is 0 Å². The molecule has 2 heteroatoms. The number of nitrogens with zero attached hydrogens (tertiary/aromatic N) is 1. The predicted molar refractivity (Wildman–Crippen MR) is 148 cm³/mol. The van der Waals surface area contributed by atoms with E-state index >= 15 is 0 Å². The summed E-state index contributed by atoms with van der Waals surface area (Å²) in [5.41, 5.74) is 3.34. The molecule has 0 bridgehead atoms. The number of fused-ring (bicyclic) bond motifs is 6. The van der Waals surface area contributed by atoms with Gasteiger partial charge in [-0.25, -0.2) is 4.57 Å². The minimum absolute atomic E-state index is 0.0197. The van der Waals surface area contributed by atoms with Gasteiger partial charge in [0.05, 0.1) is 5.56 Å². The highest BCUT2D eigenvalue weighted by Gasteiger charge is 2.24. The van der Waals surface area contributed by atoms with E-state index in [4.69, 9.17) is 11.3 Å². The second-order valence-corrected chi connectivity index (χ2v) is 10.6. The topological polar surface area (TPSA) is 17.0 Å². The molecule has 0 aliphatic carbocycles. The van der Waals surface area contributed by atoms with Crippen molar-refractivity contribution < 1.29 is 15.8 Å². The third-order valence-corrected chi connectivity index (χ3v) is 6.75. The Morgan fingerprint density at radius 1 is 0.857 bits per heavy atom. The van der Waals surface area contributed by atoms with Crippen molar-refractivity contribution in [3.8, 4) is 11.3 Å². The molecule has 0 radical (unpaired) electrons. The SMILES string of the molecule is [2H]C([2H])([2H])c1c[n+](C)c(-c2c(C)ccc3c2oc2cc4ccc5ccccc5c4cc23)cc1C([2H])([2H])C(C)(C)C. The third-order valence-electron chi connectivity index (χ3n) is 6.75. The first kappa shape index (κ1) is 16.9. The van der Waals surface area contributed by atoms with Crippen molar-refractivity contribution in [2.24, 2.45) is 12.5 Å². The quantitative estimate of drug-likeness (QED) is 0.186. The van der Waals surface area contributed by atoms with Crippen LogP contribution in [0.5, 0.6) is 0 Å². The summed E-state index contributed by atoms with van der Waals surface area (Å²) >= 11 is 0. The number of benzene rings is 4. The van der Waals surface area contributed by atoms with Crippen LogP contribution in [0.15, 0.2) is 77.3 Å². The Kier molecular flexibility index (Phi) is 3.71. The molecule has 2 nitrogen and oxygen atoms in total. The Morgan fingerprint density at radius 3 is 2.46 bits per heavy atom. The lowest BCUT2D eigenvalue weighted by Crippen LogP contribution is -2.32. The van der Waals surface area contributed by atoms with Gasteiger partial charge in [-0.1, -0.05) is 69.3 Å². The fraction of sp³-hybridized carbons (Fsp3) is 0.242. The van der Waals surface area contributed by atoms with E-state index in [-0.39, 0.29) is 11.1 Å². The predicted octanol–water partition coefficient (Wildman–Crippen LogP) is 8.59. The van der Waals surface area contributed by atoms with Crippen molar-refractivity contribution in [1.29, 1.82) is 0 Å². The second kappa shape index (κ2) is 7.68. The first-order chi connectivity index (χ1) is 18.7. The zero-order valence-electron chi connectivity index (χ0n) is 25.8. The summed E-state index contributed by atoms with van der Waals surface area (Å²) in [6.45, 7) is 4.92. The van der Waals surface area contributed by atoms with Crippen LogP contribution in [0.3, 0.4) is 0 Å². The number of aryl methyl sites for hydroxylation is 3. The summed E-state index contributed by atoms with van der Waals surface area (Å²) in [6, 6.07) is 22.7. The molecule has 0 fully saturated rings. The van der Waals surface area contributed by atoms with Crippen molar-refractivity contribution in [3.05, 3.63) is 89.6 Å². The van der Waals surface area contributed by atoms with E-state index in [0.29, 0.717) is 11.3 Å². The van der Waals surface area contributed by atoms with Crippen molar-refractivity contribution in [2.45, 2.75) is 40.9 Å². The molecule has 0 spiro atoms. The fourth-order valence-electron chi connectivity index (χ4n) is 5.16. The van der Waals surface area contributed by atoms with Gasteiger partial charge in [0.15, 0.2) is 6.20 Å². The standard InChI is InChI=1S/C33H32NO/c1-20-11-14-26-28-17-27-23(13-12-22-9-7-8-10-25(22)27)16-30(28)35-32(26)31(20)29-15-24(18-33(3,4)5)21(2)19-34(29)6/h7-17,19H,18H2,1-6H3/q+1/i2D3,18D2. The number of pyridine rings is 1. The molecule has 6 rings (SSSR count). The lowest BCUT2D eigenvalue weighted by molar-refractivity contribution is -0.660. The van der Waals surface area contributed by atoms with Crippen molar-refractivity contribution in [2.75, 3.05) is 0 Å². The van der Waals surface area contributed by atoms with E-state index in [1.807, 2.05) is 20.0 Å². The highest BCUT2D eigenvalue weighted by Crippen LogP contribution is 2.40. The van der Waals surface area contributed by atoms with Gasteiger partial charge >= 0.3 is 0 Å². The molecular formula is C33H32NO+. The largest absolute Gasteiger partial charge is 0.455 e. The molecule has 2 aromatic heterocycles. The minimum atomic E-state index is -2.46. The zero-order valence-corrected chi connectivity index (χ0v) is 20.8. The molecule has 0 saturated carbocycles. The van der Waals surface area contributed by atoms with Gasteiger partial charge in [0.25, 0.3) is 0 Å². The van der Waals surface area contributed by atoms with Gasteiger partial charge in [-0.2, -0.15) is 0 Å². The monoisotopic (exact) mass is 463 g/mol. The fourth-order valence-corrected chi connectivity index (χ4v) is 5.16. The van der Waals surface area contributed by atoms with Gasteiger partial charge in [-0.15, -0.1) is 0 Å². The molecule has 35 heavy (non-hydrogen) atoms. The lowest BCUT2D eigenvalue weighted by atomic mass is 9.86. The van der Waals surface area contributed by atoms with Crippen molar-refractivity contribution in [3.63, 3.8) is 0 Å². The summed E-state index contributed by atoms with van der Waals surface area (Å²) in [5.74, 6) is 0. The maximum absolute atomic E-state index is 9.01. The number of rotatable bonds is 2. The first-order valence-corrected chi connectivity index (χ1v) is 12.0. The average molecular weight is 464 g/mol. The molecule has 2 heterocycles. The van der Waals surface area contributed by atoms with Crippen LogP contribution in [0, 0.1) is 19.2 Å². The molecule has 4 aromatic carbocycles. The Labute approximate surface area is 213 Å². The maximum Gasteiger partial charge on any atom is 0.216 e. The van der Waals surface area contributed by atoms with Crippen LogP contribution in [-0.2, 0) is 13.4 Å². The molecular weight excluding hydrogens is 426 g/mol. The molecule has 0 amide bonds. The molecule has 0 unspecified atom stereocenters. The van der Waals surface area contributed by atoms with Gasteiger partial charge in [0.1, 0.15) is 18.2 Å². The van der Waals surface area contributed by atoms with E-state index in [0.717, 1.165) is 38.3 Å². The van der Waals surface area contributed by atoms with E-state index in [2.05, 4.69) is 54.6 Å². The third kappa shape index (κ3) is 3.60. The van der Waals surface area contributed by atoms with E-state index in [9.17, 15) is 0 Å². The second-order valence-electron chi connectivity index (χ2n) is 10.6. The van der Waals surface area contributed by atoms with Crippen LogP contribution in [0.2, 0.25) is 0 Å². The van der Waals surface area contributed by atoms with Crippen molar-refractivity contribution >= 4 is 43.5 Å². The maximum atomic E-state index is 9.01. The van der Waals surface area contributed by atoms with E-state index in [1.165, 1.54) is 10.8 Å². The number of furan rings is 1. The lowest BCUT2D eigenvalue weighted by Gasteiger charge is -2.19. The summed E-state index contributed by atoms with van der Waals surface area (Å²) in [4.78, 5) is 0. The molecule has 0 atom stereocenters. The Hall–Kier alpha value is -3.65. The minimum Gasteiger partial charge on any atom is -0.455 e. The normalized spacial score (nSPS) is 15.3. The van der Waals surface area contributed by atoms with Crippen LogP contribution >= 0.6 is 0 Å². The Morgan fingerprint density at radius 2 is 1.66 bits per heavy atom. The van der Waals surface area contributed by atoms with Gasteiger partial charge in [0, 0.05) is 29.3 Å².